The average molecular weight is 414 g/mol. The van der Waals surface area contributed by atoms with E-state index in [0.717, 1.165) is 17.4 Å². The molecule has 0 saturated heterocycles. The lowest BCUT2D eigenvalue weighted by Crippen LogP contribution is -2.12. The van der Waals surface area contributed by atoms with Gasteiger partial charge in [-0.25, -0.2) is 4.98 Å². The molecule has 1 amide bonds. The summed E-state index contributed by atoms with van der Waals surface area (Å²) in [4.78, 5) is 37.7. The van der Waals surface area contributed by atoms with Crippen LogP contribution in [-0.4, -0.2) is 27.3 Å². The minimum absolute atomic E-state index is 0.0669. The Labute approximate surface area is 168 Å². The van der Waals surface area contributed by atoms with Crippen molar-refractivity contribution in [2.75, 3.05) is 11.9 Å². The molecule has 1 heterocycles. The van der Waals surface area contributed by atoms with Gasteiger partial charge in [0.1, 0.15) is 0 Å². The predicted molar refractivity (Wildman–Crippen MR) is 106 cm³/mol. The molecule has 0 unspecified atom stereocenters. The minimum atomic E-state index is -0.619. The topological polar surface area (TPSA) is 138 Å². The van der Waals surface area contributed by atoms with Crippen molar-refractivity contribution in [2.45, 2.75) is 6.92 Å². The van der Waals surface area contributed by atoms with Crippen LogP contribution in [0.3, 0.4) is 0 Å². The van der Waals surface area contributed by atoms with Gasteiger partial charge >= 0.3 is 5.69 Å². The third-order valence-electron chi connectivity index (χ3n) is 3.80. The smallest absolute Gasteiger partial charge is 0.311 e. The van der Waals surface area contributed by atoms with E-state index in [9.17, 15) is 25.0 Å². The Hall–Kier alpha value is -3.86. The number of nitrogens with one attached hydrogen (secondary N) is 1. The molecule has 0 aliphatic heterocycles. The van der Waals surface area contributed by atoms with Crippen LogP contribution in [0.25, 0.3) is 11.3 Å². The van der Waals surface area contributed by atoms with E-state index in [0.29, 0.717) is 11.3 Å². The first-order valence-corrected chi connectivity index (χ1v) is 9.20. The molecule has 0 aliphatic carbocycles. The van der Waals surface area contributed by atoms with Crippen molar-refractivity contribution in [1.29, 1.82) is 0 Å². The van der Waals surface area contributed by atoms with Crippen LogP contribution in [0.4, 0.5) is 16.5 Å². The van der Waals surface area contributed by atoms with E-state index >= 15 is 0 Å². The van der Waals surface area contributed by atoms with Crippen molar-refractivity contribution in [1.82, 2.24) is 4.98 Å². The van der Waals surface area contributed by atoms with Gasteiger partial charge in [0, 0.05) is 34.7 Å². The van der Waals surface area contributed by atoms with Crippen LogP contribution in [0.15, 0.2) is 47.8 Å². The maximum Gasteiger partial charge on any atom is 0.311 e. The van der Waals surface area contributed by atoms with Gasteiger partial charge in [-0.2, -0.15) is 0 Å². The number of benzene rings is 2. The Morgan fingerprint density at radius 2 is 1.97 bits per heavy atom. The van der Waals surface area contributed by atoms with Crippen LogP contribution in [0.2, 0.25) is 0 Å². The van der Waals surface area contributed by atoms with Crippen molar-refractivity contribution in [3.63, 3.8) is 0 Å². The SMILES string of the molecule is CCOc1ccc(C(=O)Nc2nc(-c3cccc([N+](=O)[O-])c3)cs2)cc1[N+](=O)[O-]. The van der Waals surface area contributed by atoms with Gasteiger partial charge < -0.3 is 4.74 Å². The number of aromatic nitrogens is 1. The molecule has 0 atom stereocenters. The van der Waals surface area contributed by atoms with E-state index in [1.807, 2.05) is 0 Å². The monoisotopic (exact) mass is 414 g/mol. The number of thiazole rings is 1. The van der Waals surface area contributed by atoms with Gasteiger partial charge in [0.05, 0.1) is 22.1 Å². The second kappa shape index (κ2) is 8.44. The number of nitro benzene ring substituents is 2. The highest BCUT2D eigenvalue weighted by Crippen LogP contribution is 2.30. The van der Waals surface area contributed by atoms with Crippen LogP contribution < -0.4 is 10.1 Å². The molecule has 0 aliphatic rings. The van der Waals surface area contributed by atoms with Crippen LogP contribution in [0.5, 0.6) is 5.75 Å². The molecule has 3 rings (SSSR count). The van der Waals surface area contributed by atoms with Gasteiger partial charge in [-0.15, -0.1) is 11.3 Å². The fourth-order valence-corrected chi connectivity index (χ4v) is 3.21. The molecule has 148 valence electrons. The average Bonchev–Trinajstić information content (AvgIpc) is 3.17. The van der Waals surface area contributed by atoms with E-state index in [1.165, 1.54) is 24.3 Å². The molecule has 0 bridgehead atoms. The summed E-state index contributed by atoms with van der Waals surface area (Å²) in [7, 11) is 0. The molecule has 1 N–H and O–H groups in total. The normalized spacial score (nSPS) is 10.4. The maximum atomic E-state index is 12.5. The number of rotatable bonds is 7. The van der Waals surface area contributed by atoms with Crippen molar-refractivity contribution in [3.8, 4) is 17.0 Å². The van der Waals surface area contributed by atoms with Gasteiger partial charge in [0.2, 0.25) is 0 Å². The molecule has 11 heteroatoms. The second-order valence-corrected chi connectivity index (χ2v) is 6.53. The van der Waals surface area contributed by atoms with Crippen molar-refractivity contribution < 1.29 is 19.4 Å². The summed E-state index contributed by atoms with van der Waals surface area (Å²) in [6.45, 7) is 1.96. The molecule has 0 saturated carbocycles. The third kappa shape index (κ3) is 4.52. The largest absolute Gasteiger partial charge is 0.487 e. The van der Waals surface area contributed by atoms with E-state index < -0.39 is 15.8 Å². The lowest BCUT2D eigenvalue weighted by molar-refractivity contribution is -0.385. The van der Waals surface area contributed by atoms with E-state index in [2.05, 4.69) is 10.3 Å². The zero-order chi connectivity index (χ0) is 21.0. The van der Waals surface area contributed by atoms with Crippen LogP contribution in [-0.2, 0) is 0 Å². The summed E-state index contributed by atoms with van der Waals surface area (Å²) in [6, 6.07) is 9.90. The molecule has 1 aromatic heterocycles. The highest BCUT2D eigenvalue weighted by atomic mass is 32.1. The quantitative estimate of drug-likeness (QED) is 0.450. The fraction of sp³-hybridized carbons (Fsp3) is 0.111. The first-order chi connectivity index (χ1) is 13.9. The summed E-state index contributed by atoms with van der Waals surface area (Å²) in [5.74, 6) is -0.493. The van der Waals surface area contributed by atoms with Gasteiger partial charge in [0.25, 0.3) is 11.6 Å². The summed E-state index contributed by atoms with van der Waals surface area (Å²) in [5, 5.41) is 26.6. The molecule has 3 aromatic rings. The molecule has 29 heavy (non-hydrogen) atoms. The molecular weight excluding hydrogens is 400 g/mol. The van der Waals surface area contributed by atoms with Gasteiger partial charge in [-0.1, -0.05) is 12.1 Å². The van der Waals surface area contributed by atoms with Gasteiger partial charge in [0.15, 0.2) is 10.9 Å². The first kappa shape index (κ1) is 19.9. The Balaban J connectivity index is 1.80. The van der Waals surface area contributed by atoms with Crippen LogP contribution in [0.1, 0.15) is 17.3 Å². The minimum Gasteiger partial charge on any atom is -0.487 e. The van der Waals surface area contributed by atoms with Crippen LogP contribution in [0, 0.1) is 20.2 Å². The summed E-state index contributed by atoms with van der Waals surface area (Å²) in [6.07, 6.45) is 0. The number of anilines is 1. The van der Waals surface area contributed by atoms with Crippen molar-refractivity contribution in [2.24, 2.45) is 0 Å². The first-order valence-electron chi connectivity index (χ1n) is 8.32. The number of carbonyl (C=O) groups is 1. The Kier molecular flexibility index (Phi) is 5.79. The molecular formula is C18H14N4O6S. The molecule has 0 fully saturated rings. The second-order valence-electron chi connectivity index (χ2n) is 5.67. The van der Waals surface area contributed by atoms with E-state index in [1.54, 1.807) is 24.4 Å². The zero-order valence-corrected chi connectivity index (χ0v) is 15.8. The van der Waals surface area contributed by atoms with Crippen molar-refractivity contribution in [3.05, 3.63) is 73.6 Å². The number of amides is 1. The number of hydrogen-bond donors (Lipinski definition) is 1. The Morgan fingerprint density at radius 1 is 1.17 bits per heavy atom. The molecule has 10 nitrogen and oxygen atoms in total. The highest BCUT2D eigenvalue weighted by Gasteiger charge is 2.19. The van der Waals surface area contributed by atoms with E-state index in [4.69, 9.17) is 4.74 Å². The number of ether oxygens (including phenoxy) is 1. The highest BCUT2D eigenvalue weighted by molar-refractivity contribution is 7.14. The van der Waals surface area contributed by atoms with Crippen molar-refractivity contribution >= 4 is 33.8 Å². The predicted octanol–water partition coefficient (Wildman–Crippen LogP) is 4.28. The Morgan fingerprint density at radius 3 is 2.66 bits per heavy atom. The number of nitrogens with zero attached hydrogens (tertiary/aromatic N) is 3. The summed E-state index contributed by atoms with van der Waals surface area (Å²) in [5.41, 5.74) is 0.699. The molecule has 0 radical (unpaired) electrons. The summed E-state index contributed by atoms with van der Waals surface area (Å²) < 4.78 is 5.20. The lowest BCUT2D eigenvalue weighted by atomic mass is 10.1. The molecule has 2 aromatic carbocycles. The van der Waals surface area contributed by atoms with Gasteiger partial charge in [-0.05, 0) is 19.1 Å². The van der Waals surface area contributed by atoms with Crippen LogP contribution >= 0.6 is 11.3 Å². The number of carbonyl (C=O) groups excluding carboxylic acids is 1. The maximum absolute atomic E-state index is 12.5. The zero-order valence-electron chi connectivity index (χ0n) is 15.0. The summed E-state index contributed by atoms with van der Waals surface area (Å²) >= 11 is 1.13. The lowest BCUT2D eigenvalue weighted by Gasteiger charge is -2.06. The number of nitro groups is 2. The Bertz CT molecular complexity index is 1100. The van der Waals surface area contributed by atoms with E-state index in [-0.39, 0.29) is 34.4 Å². The number of non-ortho nitro benzene ring substituents is 1. The third-order valence-corrected chi connectivity index (χ3v) is 4.55. The standard InChI is InChI=1S/C18H14N4O6S/c1-2-28-16-7-6-12(9-15(16)22(26)27)17(23)20-18-19-14(10-29-18)11-4-3-5-13(8-11)21(24)25/h3-10H,2H2,1H3,(H,19,20,23). The molecule has 0 spiro atoms. The van der Waals surface area contributed by atoms with Gasteiger partial charge in [-0.3, -0.25) is 30.3 Å². The number of hydrogen-bond acceptors (Lipinski definition) is 8. The fourth-order valence-electron chi connectivity index (χ4n) is 2.49.